The number of furan rings is 1. The maximum atomic E-state index is 12.4. The molecule has 0 saturated heterocycles. The zero-order valence-corrected chi connectivity index (χ0v) is 13.4. The van der Waals surface area contributed by atoms with Gasteiger partial charge in [0.1, 0.15) is 23.9 Å². The zero-order chi connectivity index (χ0) is 16.2. The van der Waals surface area contributed by atoms with Crippen LogP contribution in [0.25, 0.3) is 0 Å². The fourth-order valence-electron chi connectivity index (χ4n) is 2.79. The van der Waals surface area contributed by atoms with Crippen molar-refractivity contribution in [1.82, 2.24) is 5.32 Å². The monoisotopic (exact) mass is 315 g/mol. The maximum Gasteiger partial charge on any atom is 0.227 e. The predicted molar refractivity (Wildman–Crippen MR) is 85.7 cm³/mol. The quantitative estimate of drug-likeness (QED) is 0.921. The summed E-state index contributed by atoms with van der Waals surface area (Å²) in [7, 11) is 1.63. The van der Waals surface area contributed by atoms with Crippen molar-refractivity contribution < 1.29 is 18.7 Å². The lowest BCUT2D eigenvalue weighted by atomic mass is 9.95. The number of fused-ring (bicyclic) bond motifs is 1. The van der Waals surface area contributed by atoms with Gasteiger partial charge in [-0.1, -0.05) is 6.07 Å². The smallest absolute Gasteiger partial charge is 0.227 e. The van der Waals surface area contributed by atoms with Gasteiger partial charge in [-0.2, -0.15) is 0 Å². The van der Waals surface area contributed by atoms with E-state index in [4.69, 9.17) is 13.9 Å². The molecule has 1 aliphatic heterocycles. The summed E-state index contributed by atoms with van der Waals surface area (Å²) in [5.41, 5.74) is 1.04. The standard InChI is InChI=1S/C18H21NO4/c1-12(8-16-4-3-7-22-16)19-18(20)14-9-13-5-6-15(21-2)10-17(13)23-11-14/h3-7,10,12,14H,8-9,11H2,1-2H3,(H,19,20)/t12-,14-/m1/s1. The second kappa shape index (κ2) is 6.77. The van der Waals surface area contributed by atoms with Crippen molar-refractivity contribution in [2.75, 3.05) is 13.7 Å². The lowest BCUT2D eigenvalue weighted by Crippen LogP contribution is -2.42. The highest BCUT2D eigenvalue weighted by Gasteiger charge is 2.27. The third kappa shape index (κ3) is 3.67. The summed E-state index contributed by atoms with van der Waals surface area (Å²) >= 11 is 0. The molecule has 2 atom stereocenters. The molecule has 2 heterocycles. The molecule has 0 aliphatic carbocycles. The van der Waals surface area contributed by atoms with E-state index in [2.05, 4.69) is 5.32 Å². The molecule has 0 saturated carbocycles. The summed E-state index contributed by atoms with van der Waals surface area (Å²) in [6.45, 7) is 2.36. The normalized spacial score (nSPS) is 17.7. The average Bonchev–Trinajstić information content (AvgIpc) is 3.06. The van der Waals surface area contributed by atoms with Gasteiger partial charge in [0.05, 0.1) is 19.3 Å². The summed E-state index contributed by atoms with van der Waals surface area (Å²) in [6.07, 6.45) is 3.00. The fourth-order valence-corrected chi connectivity index (χ4v) is 2.79. The molecule has 1 aromatic heterocycles. The molecule has 23 heavy (non-hydrogen) atoms. The Balaban J connectivity index is 1.58. The van der Waals surface area contributed by atoms with Crippen LogP contribution < -0.4 is 14.8 Å². The van der Waals surface area contributed by atoms with E-state index >= 15 is 0 Å². The lowest BCUT2D eigenvalue weighted by molar-refractivity contribution is -0.126. The van der Waals surface area contributed by atoms with Crippen molar-refractivity contribution in [3.63, 3.8) is 0 Å². The second-order valence-electron chi connectivity index (χ2n) is 5.88. The number of amides is 1. The van der Waals surface area contributed by atoms with Crippen LogP contribution in [0, 0.1) is 5.92 Å². The number of ether oxygens (including phenoxy) is 2. The SMILES string of the molecule is COc1ccc2c(c1)OC[C@H](C(=O)N[C@H](C)Cc1ccco1)C2. The third-order valence-electron chi connectivity index (χ3n) is 4.03. The van der Waals surface area contributed by atoms with Crippen molar-refractivity contribution in [2.45, 2.75) is 25.8 Å². The van der Waals surface area contributed by atoms with Crippen molar-refractivity contribution in [3.05, 3.63) is 47.9 Å². The molecule has 0 fully saturated rings. The van der Waals surface area contributed by atoms with E-state index < -0.39 is 0 Å². The molecule has 1 aromatic carbocycles. The molecule has 0 radical (unpaired) electrons. The number of carbonyl (C=O) groups is 1. The van der Waals surface area contributed by atoms with E-state index in [1.807, 2.05) is 37.3 Å². The topological polar surface area (TPSA) is 60.7 Å². The van der Waals surface area contributed by atoms with Crippen LogP contribution in [-0.4, -0.2) is 25.7 Å². The number of hydrogen-bond acceptors (Lipinski definition) is 4. The van der Waals surface area contributed by atoms with Gasteiger partial charge < -0.3 is 19.2 Å². The van der Waals surface area contributed by atoms with E-state index in [-0.39, 0.29) is 17.9 Å². The Morgan fingerprint density at radius 2 is 2.30 bits per heavy atom. The summed E-state index contributed by atoms with van der Waals surface area (Å²) < 4.78 is 16.2. The first kappa shape index (κ1) is 15.5. The Labute approximate surface area is 135 Å². The van der Waals surface area contributed by atoms with Crippen LogP contribution in [0.3, 0.4) is 0 Å². The number of nitrogens with one attached hydrogen (secondary N) is 1. The highest BCUT2D eigenvalue weighted by atomic mass is 16.5. The summed E-state index contributed by atoms with van der Waals surface area (Å²) in [4.78, 5) is 12.4. The van der Waals surface area contributed by atoms with Crippen LogP contribution in [0.2, 0.25) is 0 Å². The van der Waals surface area contributed by atoms with Crippen LogP contribution in [0.5, 0.6) is 11.5 Å². The predicted octanol–water partition coefficient (Wildman–Crippen LogP) is 2.59. The minimum atomic E-state index is -0.171. The van der Waals surface area contributed by atoms with E-state index in [1.165, 1.54) is 0 Å². The van der Waals surface area contributed by atoms with Crippen molar-refractivity contribution in [1.29, 1.82) is 0 Å². The van der Waals surface area contributed by atoms with Gasteiger partial charge in [0.15, 0.2) is 0 Å². The summed E-state index contributed by atoms with van der Waals surface area (Å²) in [5, 5.41) is 3.04. The number of benzene rings is 1. The average molecular weight is 315 g/mol. The van der Waals surface area contributed by atoms with Crippen LogP contribution in [-0.2, 0) is 17.6 Å². The van der Waals surface area contributed by atoms with Gasteiger partial charge in [-0.25, -0.2) is 0 Å². The fraction of sp³-hybridized carbons (Fsp3) is 0.389. The molecule has 0 unspecified atom stereocenters. The minimum Gasteiger partial charge on any atom is -0.497 e. The summed E-state index contributed by atoms with van der Waals surface area (Å²) in [5.74, 6) is 2.28. The van der Waals surface area contributed by atoms with Gasteiger partial charge >= 0.3 is 0 Å². The molecule has 5 heteroatoms. The molecular weight excluding hydrogens is 294 g/mol. The Kier molecular flexibility index (Phi) is 4.55. The summed E-state index contributed by atoms with van der Waals surface area (Å²) in [6, 6.07) is 9.50. The van der Waals surface area contributed by atoms with E-state index in [1.54, 1.807) is 13.4 Å². The molecule has 1 N–H and O–H groups in total. The van der Waals surface area contributed by atoms with Gasteiger partial charge in [-0.15, -0.1) is 0 Å². The Morgan fingerprint density at radius 3 is 3.04 bits per heavy atom. The zero-order valence-electron chi connectivity index (χ0n) is 13.4. The maximum absolute atomic E-state index is 12.4. The minimum absolute atomic E-state index is 0.0190. The van der Waals surface area contributed by atoms with Gasteiger partial charge in [-0.05, 0) is 37.1 Å². The van der Waals surface area contributed by atoms with Gasteiger partial charge in [0.2, 0.25) is 5.91 Å². The number of carbonyl (C=O) groups excluding carboxylic acids is 1. The number of methoxy groups -OCH3 is 1. The Bertz CT molecular complexity index is 666. The van der Waals surface area contributed by atoms with Crippen molar-refractivity contribution in [2.24, 2.45) is 5.92 Å². The molecule has 2 aromatic rings. The highest BCUT2D eigenvalue weighted by Crippen LogP contribution is 2.31. The molecule has 5 nitrogen and oxygen atoms in total. The first-order chi connectivity index (χ1) is 11.2. The third-order valence-corrected chi connectivity index (χ3v) is 4.03. The van der Waals surface area contributed by atoms with Crippen molar-refractivity contribution in [3.8, 4) is 11.5 Å². The molecule has 3 rings (SSSR count). The van der Waals surface area contributed by atoms with Gasteiger partial charge in [0.25, 0.3) is 0 Å². The van der Waals surface area contributed by atoms with E-state index in [9.17, 15) is 4.79 Å². The molecule has 1 aliphatic rings. The van der Waals surface area contributed by atoms with E-state index in [0.717, 1.165) is 22.8 Å². The molecule has 122 valence electrons. The van der Waals surface area contributed by atoms with Crippen LogP contribution in [0.15, 0.2) is 41.0 Å². The Morgan fingerprint density at radius 1 is 1.43 bits per heavy atom. The molecule has 0 bridgehead atoms. The van der Waals surface area contributed by atoms with Gasteiger partial charge in [-0.3, -0.25) is 4.79 Å². The largest absolute Gasteiger partial charge is 0.497 e. The molecular formula is C18H21NO4. The molecule has 1 amide bonds. The lowest BCUT2D eigenvalue weighted by Gasteiger charge is -2.26. The van der Waals surface area contributed by atoms with Crippen molar-refractivity contribution >= 4 is 5.91 Å². The van der Waals surface area contributed by atoms with Crippen LogP contribution in [0.1, 0.15) is 18.2 Å². The first-order valence-electron chi connectivity index (χ1n) is 7.78. The first-order valence-corrected chi connectivity index (χ1v) is 7.78. The molecule has 0 spiro atoms. The van der Waals surface area contributed by atoms with Crippen LogP contribution in [0.4, 0.5) is 0 Å². The Hall–Kier alpha value is -2.43. The number of rotatable bonds is 5. The van der Waals surface area contributed by atoms with Crippen LogP contribution >= 0.6 is 0 Å². The number of hydrogen-bond donors (Lipinski definition) is 1. The van der Waals surface area contributed by atoms with E-state index in [0.29, 0.717) is 19.4 Å². The highest BCUT2D eigenvalue weighted by molar-refractivity contribution is 5.80. The van der Waals surface area contributed by atoms with Gasteiger partial charge in [0, 0.05) is 18.5 Å². The second-order valence-corrected chi connectivity index (χ2v) is 5.88.